The fraction of sp³-hybridized carbons (Fsp3) is 0.143. The third kappa shape index (κ3) is 4.51. The van der Waals surface area contributed by atoms with Crippen LogP contribution >= 0.6 is 11.8 Å². The Bertz CT molecular complexity index is 1750. The first-order chi connectivity index (χ1) is 18.9. The minimum atomic E-state index is -0.536. The Labute approximate surface area is 226 Å². The summed E-state index contributed by atoms with van der Waals surface area (Å²) < 4.78 is 21.6. The molecule has 0 saturated heterocycles. The second-order valence-electron chi connectivity index (χ2n) is 8.74. The predicted octanol–water partition coefficient (Wildman–Crippen LogP) is 4.88. The number of nitrogens with one attached hydrogen (secondary N) is 2. The molecule has 0 atom stereocenters. The van der Waals surface area contributed by atoms with E-state index in [9.17, 15) is 14.9 Å². The van der Waals surface area contributed by atoms with Crippen molar-refractivity contribution in [2.24, 2.45) is 0 Å². The van der Waals surface area contributed by atoms with E-state index < -0.39 is 5.97 Å². The molecule has 2 aliphatic heterocycles. The summed E-state index contributed by atoms with van der Waals surface area (Å²) in [6.07, 6.45) is 3.63. The first kappa shape index (κ1) is 24.4. The zero-order valence-corrected chi connectivity index (χ0v) is 21.6. The molecule has 0 spiro atoms. The zero-order valence-electron chi connectivity index (χ0n) is 20.8. The molecule has 0 bridgehead atoms. The number of nitrogens with zero attached hydrogens (tertiary/aromatic N) is 2. The lowest BCUT2D eigenvalue weighted by atomic mass is 10.1. The number of pyridine rings is 1. The summed E-state index contributed by atoms with van der Waals surface area (Å²) in [5.74, 6) is 1.06. The van der Waals surface area contributed by atoms with Crippen molar-refractivity contribution in [3.8, 4) is 23.3 Å². The fourth-order valence-corrected chi connectivity index (χ4v) is 5.31. The highest BCUT2D eigenvalue weighted by molar-refractivity contribution is 8.00. The average Bonchev–Trinajstić information content (AvgIpc) is 3.64. The van der Waals surface area contributed by atoms with Crippen LogP contribution in [0.25, 0.3) is 22.7 Å². The maximum Gasteiger partial charge on any atom is 0.347 e. The number of fused-ring (bicyclic) bond motifs is 3. The topological polar surface area (TPSA) is 136 Å². The highest BCUT2D eigenvalue weighted by Gasteiger charge is 2.32. The first-order valence-corrected chi connectivity index (χ1v) is 12.8. The van der Waals surface area contributed by atoms with Crippen LogP contribution in [0.15, 0.2) is 47.6 Å². The third-order valence-electron chi connectivity index (χ3n) is 6.24. The molecule has 4 aromatic rings. The number of cyclic esters (lactones) is 1. The van der Waals surface area contributed by atoms with Crippen molar-refractivity contribution >= 4 is 52.1 Å². The Kier molecular flexibility index (Phi) is 6.09. The van der Waals surface area contributed by atoms with Gasteiger partial charge in [0, 0.05) is 46.1 Å². The van der Waals surface area contributed by atoms with Gasteiger partial charge >= 0.3 is 5.97 Å². The molecule has 2 aromatic heterocycles. The monoisotopic (exact) mass is 540 g/mol. The molecule has 10 nitrogen and oxygen atoms in total. The number of aromatic nitrogens is 2. The molecule has 0 radical (unpaired) electrons. The number of nitriles is 1. The molecule has 4 heterocycles. The average molecular weight is 541 g/mol. The Hall–Kier alpha value is -4.95. The number of thioether (sulfide) groups is 1. The molecule has 0 unspecified atom stereocenters. The van der Waals surface area contributed by atoms with Crippen molar-refractivity contribution in [2.45, 2.75) is 11.9 Å². The molecule has 6 rings (SSSR count). The van der Waals surface area contributed by atoms with Gasteiger partial charge in [-0.1, -0.05) is 11.8 Å². The van der Waals surface area contributed by atoms with Crippen LogP contribution in [0.2, 0.25) is 0 Å². The van der Waals surface area contributed by atoms with E-state index in [1.807, 2.05) is 37.4 Å². The highest BCUT2D eigenvalue weighted by atomic mass is 32.2. The molecule has 11 heteroatoms. The number of anilines is 1. The number of ether oxygens (including phenoxy) is 4. The van der Waals surface area contributed by atoms with E-state index in [0.717, 1.165) is 28.2 Å². The van der Waals surface area contributed by atoms with E-state index >= 15 is 0 Å². The van der Waals surface area contributed by atoms with Crippen LogP contribution in [0.4, 0.5) is 5.69 Å². The largest absolute Gasteiger partial charge is 0.497 e. The number of methoxy groups -OCH3 is 1. The standard InChI is InChI=1S/C28H20N4O6S/c1-14-5-19-22(7-16-11-30-20-4-3-17(35-2)8-18(16)20)38-28(34)26(19)27(31-14)39-12-25(33)32-21-9-24-23(36-13-37-24)6-15(21)10-29/h3-9,11,30H,12-13H2,1-2H3,(H,32,33)/b22-7+. The van der Waals surface area contributed by atoms with E-state index in [1.54, 1.807) is 25.3 Å². The molecular weight excluding hydrogens is 520 g/mol. The van der Waals surface area contributed by atoms with Crippen molar-refractivity contribution < 1.29 is 28.5 Å². The lowest BCUT2D eigenvalue weighted by molar-refractivity contribution is -0.113. The van der Waals surface area contributed by atoms with Gasteiger partial charge in [-0.25, -0.2) is 9.78 Å². The molecule has 0 fully saturated rings. The summed E-state index contributed by atoms with van der Waals surface area (Å²) in [6.45, 7) is 1.87. The number of carbonyl (C=O) groups is 2. The van der Waals surface area contributed by atoms with Crippen LogP contribution in [0.1, 0.15) is 32.7 Å². The molecule has 0 aliphatic carbocycles. The summed E-state index contributed by atoms with van der Waals surface area (Å²) >= 11 is 1.11. The second-order valence-corrected chi connectivity index (χ2v) is 9.71. The normalized spacial score (nSPS) is 14.3. The van der Waals surface area contributed by atoms with Crippen molar-refractivity contribution in [2.75, 3.05) is 25.0 Å². The van der Waals surface area contributed by atoms with Crippen molar-refractivity contribution in [3.05, 3.63) is 70.5 Å². The van der Waals surface area contributed by atoms with Crippen LogP contribution in [-0.4, -0.2) is 41.5 Å². The van der Waals surface area contributed by atoms with Gasteiger partial charge in [-0.05, 0) is 37.3 Å². The molecule has 2 N–H and O–H groups in total. The Morgan fingerprint density at radius 3 is 2.87 bits per heavy atom. The number of amides is 1. The lowest BCUT2D eigenvalue weighted by Crippen LogP contribution is -2.15. The smallest absolute Gasteiger partial charge is 0.347 e. The number of hydrogen-bond donors (Lipinski definition) is 2. The van der Waals surface area contributed by atoms with Gasteiger partial charge < -0.3 is 29.2 Å². The van der Waals surface area contributed by atoms with Crippen LogP contribution in [0, 0.1) is 18.3 Å². The van der Waals surface area contributed by atoms with Gasteiger partial charge in [0.05, 0.1) is 24.1 Å². The summed E-state index contributed by atoms with van der Waals surface area (Å²) in [6, 6.07) is 12.6. The summed E-state index contributed by atoms with van der Waals surface area (Å²) in [5.41, 5.74) is 3.90. The van der Waals surface area contributed by atoms with E-state index in [1.165, 1.54) is 6.07 Å². The number of aryl methyl sites for hydroxylation is 1. The minimum Gasteiger partial charge on any atom is -0.497 e. The summed E-state index contributed by atoms with van der Waals surface area (Å²) in [4.78, 5) is 33.4. The number of esters is 1. The minimum absolute atomic E-state index is 0.0449. The van der Waals surface area contributed by atoms with E-state index in [-0.39, 0.29) is 24.0 Å². The molecule has 39 heavy (non-hydrogen) atoms. The molecular formula is C28H20N4O6S. The molecule has 2 aliphatic rings. The Morgan fingerprint density at radius 2 is 2.08 bits per heavy atom. The van der Waals surface area contributed by atoms with Gasteiger partial charge in [0.15, 0.2) is 11.5 Å². The van der Waals surface area contributed by atoms with Gasteiger partial charge in [0.1, 0.15) is 28.2 Å². The quantitative estimate of drug-likeness (QED) is 0.259. The van der Waals surface area contributed by atoms with E-state index in [2.05, 4.69) is 15.3 Å². The van der Waals surface area contributed by atoms with E-state index in [0.29, 0.717) is 50.5 Å². The van der Waals surface area contributed by atoms with Gasteiger partial charge in [-0.2, -0.15) is 5.26 Å². The zero-order chi connectivity index (χ0) is 27.1. The lowest BCUT2D eigenvalue weighted by Gasteiger charge is -2.09. The molecule has 0 saturated carbocycles. The maximum atomic E-state index is 12.9. The van der Waals surface area contributed by atoms with Gasteiger partial charge in [-0.3, -0.25) is 4.79 Å². The maximum absolute atomic E-state index is 12.9. The first-order valence-electron chi connectivity index (χ1n) is 11.8. The van der Waals surface area contributed by atoms with Gasteiger partial charge in [-0.15, -0.1) is 0 Å². The second kappa shape index (κ2) is 9.74. The molecule has 2 aromatic carbocycles. The van der Waals surface area contributed by atoms with E-state index in [4.69, 9.17) is 18.9 Å². The van der Waals surface area contributed by atoms with Crippen LogP contribution in [0.3, 0.4) is 0 Å². The Balaban J connectivity index is 1.25. The highest BCUT2D eigenvalue weighted by Crippen LogP contribution is 2.39. The van der Waals surface area contributed by atoms with Crippen LogP contribution < -0.4 is 19.5 Å². The van der Waals surface area contributed by atoms with Crippen LogP contribution in [-0.2, 0) is 9.53 Å². The SMILES string of the molecule is COc1ccc2[nH]cc(/C=C3/OC(=O)c4c3cc(C)nc4SCC(=O)Nc3cc4c(cc3C#N)OCO4)c2c1. The van der Waals surface area contributed by atoms with Crippen molar-refractivity contribution in [3.63, 3.8) is 0 Å². The number of hydrogen-bond acceptors (Lipinski definition) is 9. The van der Waals surface area contributed by atoms with Gasteiger partial charge in [0.2, 0.25) is 12.7 Å². The number of aromatic amines is 1. The molecule has 1 amide bonds. The number of benzene rings is 2. The molecule has 194 valence electrons. The number of rotatable bonds is 6. The predicted molar refractivity (Wildman–Crippen MR) is 144 cm³/mol. The van der Waals surface area contributed by atoms with Crippen LogP contribution in [0.5, 0.6) is 17.2 Å². The number of H-pyrrole nitrogens is 1. The summed E-state index contributed by atoms with van der Waals surface area (Å²) in [7, 11) is 1.60. The van der Waals surface area contributed by atoms with Gasteiger partial charge in [0.25, 0.3) is 0 Å². The van der Waals surface area contributed by atoms with Crippen molar-refractivity contribution in [1.82, 2.24) is 9.97 Å². The Morgan fingerprint density at radius 1 is 1.26 bits per heavy atom. The summed E-state index contributed by atoms with van der Waals surface area (Å²) in [5, 5.41) is 13.5. The van der Waals surface area contributed by atoms with Crippen molar-refractivity contribution in [1.29, 1.82) is 5.26 Å². The fourth-order valence-electron chi connectivity index (χ4n) is 4.42. The third-order valence-corrected chi connectivity index (χ3v) is 7.22. The number of carbonyl (C=O) groups excluding carboxylic acids is 2.